The van der Waals surface area contributed by atoms with Gasteiger partial charge in [0.25, 0.3) is 11.7 Å². The van der Waals surface area contributed by atoms with Crippen molar-refractivity contribution in [3.8, 4) is 0 Å². The molecular formula is C20H14F6N2O4. The van der Waals surface area contributed by atoms with Gasteiger partial charge in [0.15, 0.2) is 6.61 Å². The van der Waals surface area contributed by atoms with Crippen LogP contribution < -0.4 is 10.6 Å². The van der Waals surface area contributed by atoms with E-state index in [0.29, 0.717) is 12.3 Å². The summed E-state index contributed by atoms with van der Waals surface area (Å²) >= 11 is 0. The lowest BCUT2D eigenvalue weighted by Gasteiger charge is -2.11. The van der Waals surface area contributed by atoms with E-state index >= 15 is 0 Å². The number of benzene rings is 2. The minimum atomic E-state index is -5.05. The molecule has 0 saturated heterocycles. The number of ether oxygens (including phenoxy) is 1. The van der Waals surface area contributed by atoms with E-state index in [-0.39, 0.29) is 23.0 Å². The summed E-state index contributed by atoms with van der Waals surface area (Å²) in [5.41, 5.74) is -1.32. The van der Waals surface area contributed by atoms with Crippen LogP contribution in [0.4, 0.5) is 37.7 Å². The highest BCUT2D eigenvalue weighted by Crippen LogP contribution is 2.30. The van der Waals surface area contributed by atoms with E-state index < -0.39 is 42.2 Å². The Balaban J connectivity index is 1.98. The number of ketones is 1. The second kappa shape index (κ2) is 9.98. The maximum Gasteiger partial charge on any atom is 0.454 e. The van der Waals surface area contributed by atoms with Crippen LogP contribution in [0.25, 0.3) is 0 Å². The molecule has 0 unspecified atom stereocenters. The molecule has 0 fully saturated rings. The summed E-state index contributed by atoms with van der Waals surface area (Å²) < 4.78 is 79.5. The zero-order valence-corrected chi connectivity index (χ0v) is 15.9. The van der Waals surface area contributed by atoms with E-state index in [4.69, 9.17) is 4.74 Å². The Hall–Kier alpha value is -3.83. The molecule has 170 valence electrons. The molecule has 32 heavy (non-hydrogen) atoms. The van der Waals surface area contributed by atoms with Crippen molar-refractivity contribution in [2.45, 2.75) is 12.4 Å². The van der Waals surface area contributed by atoms with Crippen molar-refractivity contribution < 1.29 is 45.5 Å². The van der Waals surface area contributed by atoms with Gasteiger partial charge in [-0.25, -0.2) is 4.79 Å². The molecule has 0 heterocycles. The molecule has 2 aromatic carbocycles. The number of allylic oxidation sites excluding steroid dienone is 1. The van der Waals surface area contributed by atoms with Crippen LogP contribution in [0, 0.1) is 0 Å². The first-order valence-corrected chi connectivity index (χ1v) is 8.65. The summed E-state index contributed by atoms with van der Waals surface area (Å²) in [5.74, 6) is -4.07. The molecule has 2 aromatic rings. The van der Waals surface area contributed by atoms with E-state index in [9.17, 15) is 40.7 Å². The van der Waals surface area contributed by atoms with Crippen molar-refractivity contribution in [3.05, 3.63) is 71.9 Å². The lowest BCUT2D eigenvalue weighted by Crippen LogP contribution is -2.21. The van der Waals surface area contributed by atoms with Crippen LogP contribution >= 0.6 is 0 Å². The summed E-state index contributed by atoms with van der Waals surface area (Å²) in [4.78, 5) is 34.9. The molecule has 0 aromatic heterocycles. The summed E-state index contributed by atoms with van der Waals surface area (Å²) in [6.45, 7) is -0.841. The van der Waals surface area contributed by atoms with Crippen LogP contribution in [-0.4, -0.2) is 30.4 Å². The lowest BCUT2D eigenvalue weighted by molar-refractivity contribution is -0.165. The zero-order valence-electron chi connectivity index (χ0n) is 15.9. The minimum absolute atomic E-state index is 0.0120. The van der Waals surface area contributed by atoms with Gasteiger partial charge in [0.05, 0.1) is 16.8 Å². The fourth-order valence-electron chi connectivity index (χ4n) is 2.27. The minimum Gasteiger partial charge on any atom is -0.452 e. The Kier molecular flexibility index (Phi) is 7.63. The number of amides is 1. The lowest BCUT2D eigenvalue weighted by atomic mass is 10.2. The van der Waals surface area contributed by atoms with Gasteiger partial charge in [0.1, 0.15) is 0 Å². The van der Waals surface area contributed by atoms with Gasteiger partial charge in [-0.2, -0.15) is 26.3 Å². The molecule has 12 heteroatoms. The van der Waals surface area contributed by atoms with Gasteiger partial charge in [0, 0.05) is 18.0 Å². The summed E-state index contributed by atoms with van der Waals surface area (Å²) in [6, 6.07) is 9.22. The van der Waals surface area contributed by atoms with E-state index in [0.717, 1.165) is 12.1 Å². The van der Waals surface area contributed by atoms with Crippen molar-refractivity contribution in [2.75, 3.05) is 17.2 Å². The number of nitrogens with one attached hydrogen (secondary N) is 2. The first-order valence-electron chi connectivity index (χ1n) is 8.65. The number of carbonyl (C=O) groups is 3. The predicted molar refractivity (Wildman–Crippen MR) is 101 cm³/mol. The van der Waals surface area contributed by atoms with E-state index in [1.165, 1.54) is 30.3 Å². The van der Waals surface area contributed by atoms with Crippen molar-refractivity contribution in [2.24, 2.45) is 0 Å². The third kappa shape index (κ3) is 7.15. The van der Waals surface area contributed by atoms with Crippen LogP contribution in [0.1, 0.15) is 15.9 Å². The molecule has 0 aliphatic rings. The number of hydrogen-bond acceptors (Lipinski definition) is 5. The zero-order chi connectivity index (χ0) is 23.9. The first kappa shape index (κ1) is 24.4. The van der Waals surface area contributed by atoms with E-state index in [2.05, 4.69) is 10.6 Å². The van der Waals surface area contributed by atoms with Gasteiger partial charge in [-0.15, -0.1) is 0 Å². The van der Waals surface area contributed by atoms with Gasteiger partial charge in [-0.3, -0.25) is 9.59 Å². The highest BCUT2D eigenvalue weighted by Gasteiger charge is 2.36. The third-order valence-electron chi connectivity index (χ3n) is 3.71. The van der Waals surface area contributed by atoms with Gasteiger partial charge >= 0.3 is 18.3 Å². The maximum absolute atomic E-state index is 12.7. The van der Waals surface area contributed by atoms with Crippen LogP contribution in [0.5, 0.6) is 0 Å². The average Bonchev–Trinajstić information content (AvgIpc) is 2.71. The Bertz CT molecular complexity index is 1030. The molecule has 1 amide bonds. The Morgan fingerprint density at radius 2 is 1.62 bits per heavy atom. The number of hydrogen-bond donors (Lipinski definition) is 2. The fraction of sp³-hybridized carbons (Fsp3) is 0.150. The first-order chi connectivity index (χ1) is 14.9. The number of anilines is 2. The topological polar surface area (TPSA) is 84.5 Å². The van der Waals surface area contributed by atoms with Gasteiger partial charge in [0.2, 0.25) is 0 Å². The molecule has 0 radical (unpaired) electrons. The largest absolute Gasteiger partial charge is 0.454 e. The van der Waals surface area contributed by atoms with Crippen molar-refractivity contribution in [1.29, 1.82) is 0 Å². The maximum atomic E-state index is 12.7. The second-order valence-corrected chi connectivity index (χ2v) is 6.09. The Morgan fingerprint density at radius 3 is 2.28 bits per heavy atom. The molecule has 0 spiro atoms. The number of rotatable bonds is 7. The fourth-order valence-corrected chi connectivity index (χ4v) is 2.27. The van der Waals surface area contributed by atoms with Crippen molar-refractivity contribution in [1.82, 2.24) is 0 Å². The molecule has 2 N–H and O–H groups in total. The van der Waals surface area contributed by atoms with Gasteiger partial charge in [-0.1, -0.05) is 18.2 Å². The van der Waals surface area contributed by atoms with Crippen LogP contribution in [0.15, 0.2) is 60.8 Å². The second-order valence-electron chi connectivity index (χ2n) is 6.09. The van der Waals surface area contributed by atoms with Gasteiger partial charge in [-0.05, 0) is 30.3 Å². The average molecular weight is 460 g/mol. The molecule has 0 aliphatic carbocycles. The molecule has 6 nitrogen and oxygen atoms in total. The SMILES string of the molecule is O=C(COC(=O)c1ccccc1N/C=C/C(=O)C(F)(F)F)Nc1cccc(C(F)(F)F)c1. The van der Waals surface area contributed by atoms with Crippen LogP contribution in [0.3, 0.4) is 0 Å². The van der Waals surface area contributed by atoms with E-state index in [1.807, 2.05) is 0 Å². The standard InChI is InChI=1S/C20H14F6N2O4/c21-19(22,23)12-4-3-5-13(10-12)28-17(30)11-32-18(31)14-6-1-2-7-15(14)27-9-8-16(29)20(24,25)26/h1-10,27H,11H2,(H,28,30)/b9-8+. The molecule has 0 atom stereocenters. The molecule has 0 aliphatic heterocycles. The van der Waals surface area contributed by atoms with Crippen molar-refractivity contribution >= 4 is 29.0 Å². The number of alkyl halides is 6. The van der Waals surface area contributed by atoms with Crippen molar-refractivity contribution in [3.63, 3.8) is 0 Å². The number of halogens is 6. The molecular weight excluding hydrogens is 446 g/mol. The number of esters is 1. The monoisotopic (exact) mass is 460 g/mol. The van der Waals surface area contributed by atoms with Crippen LogP contribution in [-0.2, 0) is 20.5 Å². The van der Waals surface area contributed by atoms with Gasteiger partial charge < -0.3 is 15.4 Å². The number of para-hydroxylation sites is 1. The quantitative estimate of drug-likeness (QED) is 0.360. The summed E-state index contributed by atoms with van der Waals surface area (Å²) in [7, 11) is 0. The molecule has 2 rings (SSSR count). The highest BCUT2D eigenvalue weighted by molar-refractivity contribution is 5.99. The smallest absolute Gasteiger partial charge is 0.452 e. The molecule has 0 saturated carbocycles. The number of carbonyl (C=O) groups excluding carboxylic acids is 3. The summed E-state index contributed by atoms with van der Waals surface area (Å²) in [6.07, 6.45) is -8.75. The van der Waals surface area contributed by atoms with E-state index in [1.54, 1.807) is 0 Å². The van der Waals surface area contributed by atoms with Crippen LogP contribution in [0.2, 0.25) is 0 Å². The highest BCUT2D eigenvalue weighted by atomic mass is 19.4. The molecule has 0 bridgehead atoms. The predicted octanol–water partition coefficient (Wildman–Crippen LogP) is 4.56. The summed E-state index contributed by atoms with van der Waals surface area (Å²) in [5, 5.41) is 4.49. The Morgan fingerprint density at radius 1 is 0.938 bits per heavy atom. The normalized spacial score (nSPS) is 11.8. The Labute approximate surface area is 176 Å². The third-order valence-corrected chi connectivity index (χ3v) is 3.71.